The quantitative estimate of drug-likeness (QED) is 0.112. The fourth-order valence-corrected chi connectivity index (χ4v) is 4.79. The number of nitrogens with one attached hydrogen (secondary N) is 2. The van der Waals surface area contributed by atoms with Crippen molar-refractivity contribution in [2.75, 3.05) is 4.72 Å². The normalized spacial score (nSPS) is 11.2. The van der Waals surface area contributed by atoms with Crippen LogP contribution in [0.25, 0.3) is 0 Å². The van der Waals surface area contributed by atoms with Crippen LogP contribution in [0.5, 0.6) is 5.75 Å². The van der Waals surface area contributed by atoms with Gasteiger partial charge in [0.15, 0.2) is 0 Å². The molecular formula is C27H19BrClN3O5S. The van der Waals surface area contributed by atoms with Crippen molar-refractivity contribution in [1.29, 1.82) is 0 Å². The van der Waals surface area contributed by atoms with E-state index in [0.717, 1.165) is 0 Å². The molecule has 192 valence electrons. The Kier molecular flexibility index (Phi) is 8.57. The number of esters is 1. The molecule has 0 heterocycles. The van der Waals surface area contributed by atoms with Crippen molar-refractivity contribution in [3.63, 3.8) is 0 Å². The standard InChI is InChI=1S/C27H19BrClN3O5S/c28-25-4-2-1-3-24(25)27(34)37-22-13-5-18(6-14-22)17-30-31-26(33)19-7-11-21(12-8-19)32-38(35,36)23-15-9-20(29)10-16-23/h1-17,32H,(H,31,33). The number of hydrazone groups is 1. The van der Waals surface area contributed by atoms with Gasteiger partial charge in [0.25, 0.3) is 15.9 Å². The molecule has 0 saturated carbocycles. The number of amides is 1. The molecule has 0 bridgehead atoms. The van der Waals surface area contributed by atoms with Gasteiger partial charge in [0, 0.05) is 20.7 Å². The SMILES string of the molecule is O=C(NN=Cc1ccc(OC(=O)c2ccccc2Br)cc1)c1ccc(NS(=O)(=O)c2ccc(Cl)cc2)cc1. The zero-order chi connectivity index (χ0) is 27.1. The second-order valence-electron chi connectivity index (χ2n) is 7.77. The van der Waals surface area contributed by atoms with Gasteiger partial charge < -0.3 is 4.74 Å². The van der Waals surface area contributed by atoms with Crippen LogP contribution in [0.15, 0.2) is 112 Å². The van der Waals surface area contributed by atoms with E-state index in [9.17, 15) is 18.0 Å². The fraction of sp³-hybridized carbons (Fsp3) is 0. The number of nitrogens with zero attached hydrogens (tertiary/aromatic N) is 1. The van der Waals surface area contributed by atoms with Crippen LogP contribution < -0.4 is 14.9 Å². The maximum atomic E-state index is 12.5. The van der Waals surface area contributed by atoms with Crippen molar-refractivity contribution in [2.24, 2.45) is 5.10 Å². The van der Waals surface area contributed by atoms with Crippen LogP contribution in [0.4, 0.5) is 5.69 Å². The van der Waals surface area contributed by atoms with Crippen LogP contribution in [0.3, 0.4) is 0 Å². The molecule has 4 aromatic carbocycles. The lowest BCUT2D eigenvalue weighted by Gasteiger charge is -2.09. The lowest BCUT2D eigenvalue weighted by molar-refractivity contribution is 0.0733. The second-order valence-corrected chi connectivity index (χ2v) is 10.7. The van der Waals surface area contributed by atoms with Crippen molar-refractivity contribution < 1.29 is 22.7 Å². The van der Waals surface area contributed by atoms with Crippen LogP contribution in [0, 0.1) is 0 Å². The van der Waals surface area contributed by atoms with Gasteiger partial charge in [-0.05, 0) is 106 Å². The van der Waals surface area contributed by atoms with Gasteiger partial charge in [0.05, 0.1) is 16.7 Å². The van der Waals surface area contributed by atoms with E-state index in [1.807, 2.05) is 0 Å². The van der Waals surface area contributed by atoms with E-state index < -0.39 is 21.9 Å². The number of anilines is 1. The topological polar surface area (TPSA) is 114 Å². The van der Waals surface area contributed by atoms with E-state index >= 15 is 0 Å². The zero-order valence-electron chi connectivity index (χ0n) is 19.5. The summed E-state index contributed by atoms with van der Waals surface area (Å²) in [6.07, 6.45) is 1.44. The maximum Gasteiger partial charge on any atom is 0.344 e. The number of carbonyl (C=O) groups is 2. The smallest absolute Gasteiger partial charge is 0.344 e. The van der Waals surface area contributed by atoms with Crippen LogP contribution in [0.1, 0.15) is 26.3 Å². The number of halogens is 2. The van der Waals surface area contributed by atoms with Gasteiger partial charge in [0.2, 0.25) is 0 Å². The molecule has 0 saturated heterocycles. The van der Waals surface area contributed by atoms with E-state index in [2.05, 4.69) is 31.2 Å². The van der Waals surface area contributed by atoms with E-state index in [1.54, 1.807) is 48.5 Å². The van der Waals surface area contributed by atoms with E-state index in [-0.39, 0.29) is 10.5 Å². The summed E-state index contributed by atoms with van der Waals surface area (Å²) in [4.78, 5) is 24.8. The average molecular weight is 613 g/mol. The van der Waals surface area contributed by atoms with E-state index in [1.165, 1.54) is 54.7 Å². The molecule has 0 radical (unpaired) electrons. The number of carbonyl (C=O) groups excluding carboxylic acids is 2. The van der Waals surface area contributed by atoms with Gasteiger partial charge >= 0.3 is 5.97 Å². The van der Waals surface area contributed by atoms with Crippen molar-refractivity contribution in [3.8, 4) is 5.75 Å². The monoisotopic (exact) mass is 611 g/mol. The van der Waals surface area contributed by atoms with Crippen molar-refractivity contribution >= 4 is 61.3 Å². The largest absolute Gasteiger partial charge is 0.423 e. The Morgan fingerprint density at radius 1 is 0.868 bits per heavy atom. The first-order chi connectivity index (χ1) is 18.2. The number of benzene rings is 4. The highest BCUT2D eigenvalue weighted by Crippen LogP contribution is 2.20. The zero-order valence-corrected chi connectivity index (χ0v) is 22.6. The predicted molar refractivity (Wildman–Crippen MR) is 149 cm³/mol. The Bertz CT molecular complexity index is 1590. The lowest BCUT2D eigenvalue weighted by Crippen LogP contribution is -2.18. The van der Waals surface area contributed by atoms with E-state index in [0.29, 0.717) is 32.1 Å². The molecule has 4 aromatic rings. The van der Waals surface area contributed by atoms with Gasteiger partial charge in [-0.3, -0.25) is 9.52 Å². The minimum atomic E-state index is -3.80. The van der Waals surface area contributed by atoms with Gasteiger partial charge in [0.1, 0.15) is 5.75 Å². The molecule has 0 fully saturated rings. The summed E-state index contributed by atoms with van der Waals surface area (Å²) >= 11 is 9.13. The summed E-state index contributed by atoms with van der Waals surface area (Å²) < 4.78 is 33.4. The number of hydrogen-bond donors (Lipinski definition) is 2. The highest BCUT2D eigenvalue weighted by molar-refractivity contribution is 9.10. The third kappa shape index (κ3) is 7.06. The summed E-state index contributed by atoms with van der Waals surface area (Å²) in [6, 6.07) is 25.2. The van der Waals surface area contributed by atoms with Gasteiger partial charge in [-0.2, -0.15) is 5.10 Å². The first kappa shape index (κ1) is 27.1. The van der Waals surface area contributed by atoms with Crippen molar-refractivity contribution in [2.45, 2.75) is 4.90 Å². The Morgan fingerprint density at radius 3 is 2.18 bits per heavy atom. The third-order valence-corrected chi connectivity index (χ3v) is 7.43. The van der Waals surface area contributed by atoms with Gasteiger partial charge in [-0.15, -0.1) is 0 Å². The molecule has 11 heteroatoms. The van der Waals surface area contributed by atoms with Crippen LogP contribution in [-0.4, -0.2) is 26.5 Å². The minimum absolute atomic E-state index is 0.0634. The molecule has 0 aliphatic heterocycles. The van der Waals surface area contributed by atoms with E-state index in [4.69, 9.17) is 16.3 Å². The number of hydrogen-bond acceptors (Lipinski definition) is 6. The van der Waals surface area contributed by atoms with Crippen LogP contribution >= 0.6 is 27.5 Å². The second kappa shape index (κ2) is 12.0. The van der Waals surface area contributed by atoms with Gasteiger partial charge in [-0.1, -0.05) is 23.7 Å². The summed E-state index contributed by atoms with van der Waals surface area (Å²) in [6.45, 7) is 0. The average Bonchev–Trinajstić information content (AvgIpc) is 2.90. The minimum Gasteiger partial charge on any atom is -0.423 e. The molecule has 2 N–H and O–H groups in total. The predicted octanol–water partition coefficient (Wildman–Crippen LogP) is 5.89. The highest BCUT2D eigenvalue weighted by atomic mass is 79.9. The number of rotatable bonds is 8. The van der Waals surface area contributed by atoms with Crippen molar-refractivity contribution in [3.05, 3.63) is 123 Å². The first-order valence-corrected chi connectivity index (χ1v) is 13.7. The third-order valence-electron chi connectivity index (χ3n) is 5.09. The summed E-state index contributed by atoms with van der Waals surface area (Å²) in [5, 5.41) is 4.36. The van der Waals surface area contributed by atoms with Gasteiger partial charge in [-0.25, -0.2) is 18.6 Å². The molecule has 0 aliphatic carbocycles. The Labute approximate surface area is 232 Å². The molecule has 0 aromatic heterocycles. The van der Waals surface area contributed by atoms with Crippen molar-refractivity contribution in [1.82, 2.24) is 5.43 Å². The first-order valence-electron chi connectivity index (χ1n) is 11.0. The summed E-state index contributed by atoms with van der Waals surface area (Å²) in [7, 11) is -3.80. The summed E-state index contributed by atoms with van der Waals surface area (Å²) in [5.74, 6) is -0.610. The molecule has 0 aliphatic rings. The number of sulfonamides is 1. The Balaban J connectivity index is 1.31. The Hall–Kier alpha value is -3.99. The summed E-state index contributed by atoms with van der Waals surface area (Å²) in [5.41, 5.74) is 4.06. The molecule has 4 rings (SSSR count). The maximum absolute atomic E-state index is 12.5. The molecule has 0 atom stereocenters. The molecule has 8 nitrogen and oxygen atoms in total. The Morgan fingerprint density at radius 2 is 1.53 bits per heavy atom. The highest BCUT2D eigenvalue weighted by Gasteiger charge is 2.15. The lowest BCUT2D eigenvalue weighted by atomic mass is 10.2. The molecule has 38 heavy (non-hydrogen) atoms. The fourth-order valence-electron chi connectivity index (χ4n) is 3.16. The molecule has 0 spiro atoms. The van der Waals surface area contributed by atoms with Crippen LogP contribution in [-0.2, 0) is 10.0 Å². The number of ether oxygens (including phenoxy) is 1. The molecule has 0 unspecified atom stereocenters. The van der Waals surface area contributed by atoms with Crippen LogP contribution in [0.2, 0.25) is 5.02 Å². The molecule has 1 amide bonds. The molecular weight excluding hydrogens is 594 g/mol.